The Labute approximate surface area is 146 Å². The molecule has 0 aromatic carbocycles. The molecular weight excluding hydrogens is 314 g/mol. The SMILES string of the molecule is CCC(C)C(N)C(=O)NC1CCN(C(=O)C2CCCCC2)C1.Cl. The second-order valence-electron chi connectivity index (χ2n) is 7.02. The predicted molar refractivity (Wildman–Crippen MR) is 94.4 cm³/mol. The highest BCUT2D eigenvalue weighted by molar-refractivity contribution is 5.85. The zero-order chi connectivity index (χ0) is 16.1. The van der Waals surface area contributed by atoms with Crippen LogP contribution in [0.2, 0.25) is 0 Å². The minimum Gasteiger partial charge on any atom is -0.350 e. The highest BCUT2D eigenvalue weighted by atomic mass is 35.5. The lowest BCUT2D eigenvalue weighted by Crippen LogP contribution is -2.49. The standard InChI is InChI=1S/C17H31N3O2.ClH/c1-3-12(2)15(18)16(21)19-14-9-10-20(11-14)17(22)13-7-5-4-6-8-13;/h12-15H,3-11,18H2,1-2H3,(H,19,21);1H. The summed E-state index contributed by atoms with van der Waals surface area (Å²) in [6.45, 7) is 5.45. The van der Waals surface area contributed by atoms with Gasteiger partial charge in [-0.25, -0.2) is 0 Å². The van der Waals surface area contributed by atoms with Crippen molar-refractivity contribution in [1.82, 2.24) is 10.2 Å². The van der Waals surface area contributed by atoms with Gasteiger partial charge in [-0.2, -0.15) is 0 Å². The summed E-state index contributed by atoms with van der Waals surface area (Å²) in [6, 6.07) is -0.386. The Hall–Kier alpha value is -0.810. The third kappa shape index (κ3) is 5.35. The van der Waals surface area contributed by atoms with Gasteiger partial charge in [-0.15, -0.1) is 12.4 Å². The lowest BCUT2D eigenvalue weighted by atomic mass is 9.88. The number of halogens is 1. The summed E-state index contributed by atoms with van der Waals surface area (Å²) in [7, 11) is 0. The number of carbonyl (C=O) groups is 2. The minimum atomic E-state index is -0.451. The van der Waals surface area contributed by atoms with Gasteiger partial charge in [-0.1, -0.05) is 39.5 Å². The highest BCUT2D eigenvalue weighted by Crippen LogP contribution is 2.26. The molecule has 2 fully saturated rings. The molecule has 3 unspecified atom stereocenters. The van der Waals surface area contributed by atoms with Gasteiger partial charge in [0.15, 0.2) is 0 Å². The summed E-state index contributed by atoms with van der Waals surface area (Å²) in [5, 5.41) is 3.02. The van der Waals surface area contributed by atoms with Crippen LogP contribution in [0, 0.1) is 11.8 Å². The van der Waals surface area contributed by atoms with Gasteiger partial charge in [-0.3, -0.25) is 9.59 Å². The Bertz CT molecular complexity index is 399. The first-order valence-corrected chi connectivity index (χ1v) is 8.87. The maximum absolute atomic E-state index is 12.5. The van der Waals surface area contributed by atoms with E-state index in [-0.39, 0.29) is 36.2 Å². The number of rotatable bonds is 5. The van der Waals surface area contributed by atoms with Crippen molar-refractivity contribution in [3.8, 4) is 0 Å². The molecule has 1 aliphatic carbocycles. The molecule has 3 atom stereocenters. The Kier molecular flexibility index (Phi) is 8.34. The number of nitrogens with zero attached hydrogens (tertiary/aromatic N) is 1. The van der Waals surface area contributed by atoms with Crippen LogP contribution >= 0.6 is 12.4 Å². The normalized spacial score (nSPS) is 24.7. The van der Waals surface area contributed by atoms with Gasteiger partial charge in [0.2, 0.25) is 11.8 Å². The van der Waals surface area contributed by atoms with E-state index in [9.17, 15) is 9.59 Å². The monoisotopic (exact) mass is 345 g/mol. The summed E-state index contributed by atoms with van der Waals surface area (Å²) < 4.78 is 0. The smallest absolute Gasteiger partial charge is 0.237 e. The summed E-state index contributed by atoms with van der Waals surface area (Å²) in [4.78, 5) is 26.6. The molecule has 0 aromatic rings. The van der Waals surface area contributed by atoms with Crippen LogP contribution in [0.5, 0.6) is 0 Å². The molecule has 0 aromatic heterocycles. The summed E-state index contributed by atoms with van der Waals surface area (Å²) in [5.41, 5.74) is 5.97. The lowest BCUT2D eigenvalue weighted by Gasteiger charge is -2.26. The molecule has 5 nitrogen and oxygen atoms in total. The van der Waals surface area contributed by atoms with Gasteiger partial charge in [0.1, 0.15) is 0 Å². The molecular formula is C17H32ClN3O2. The number of carbonyl (C=O) groups excluding carboxylic acids is 2. The van der Waals surface area contributed by atoms with Gasteiger partial charge >= 0.3 is 0 Å². The van der Waals surface area contributed by atoms with Crippen LogP contribution in [-0.2, 0) is 9.59 Å². The summed E-state index contributed by atoms with van der Waals surface area (Å²) in [6.07, 6.45) is 7.41. The number of hydrogen-bond acceptors (Lipinski definition) is 3. The number of hydrogen-bond donors (Lipinski definition) is 2. The third-order valence-electron chi connectivity index (χ3n) is 5.36. The van der Waals surface area contributed by atoms with Gasteiger partial charge in [0.05, 0.1) is 6.04 Å². The Balaban J connectivity index is 0.00000264. The van der Waals surface area contributed by atoms with Crippen molar-refractivity contribution in [3.05, 3.63) is 0 Å². The Morgan fingerprint density at radius 2 is 1.87 bits per heavy atom. The van der Waals surface area contributed by atoms with E-state index in [2.05, 4.69) is 5.32 Å². The van der Waals surface area contributed by atoms with E-state index in [1.165, 1.54) is 19.3 Å². The molecule has 2 rings (SSSR count). The van der Waals surface area contributed by atoms with Crippen LogP contribution in [0.15, 0.2) is 0 Å². The van der Waals surface area contributed by atoms with Crippen molar-refractivity contribution in [3.63, 3.8) is 0 Å². The fraction of sp³-hybridized carbons (Fsp3) is 0.882. The van der Waals surface area contributed by atoms with Gasteiger partial charge in [0, 0.05) is 25.0 Å². The van der Waals surface area contributed by atoms with Crippen molar-refractivity contribution in [2.24, 2.45) is 17.6 Å². The fourth-order valence-corrected chi connectivity index (χ4v) is 3.50. The maximum Gasteiger partial charge on any atom is 0.237 e. The van der Waals surface area contributed by atoms with Crippen molar-refractivity contribution >= 4 is 24.2 Å². The molecule has 1 aliphatic heterocycles. The van der Waals surface area contributed by atoms with Crippen LogP contribution in [0.4, 0.5) is 0 Å². The van der Waals surface area contributed by atoms with Crippen molar-refractivity contribution < 1.29 is 9.59 Å². The predicted octanol–water partition coefficient (Wildman–Crippen LogP) is 2.08. The maximum atomic E-state index is 12.5. The van der Waals surface area contributed by atoms with Gasteiger partial charge in [0.25, 0.3) is 0 Å². The second-order valence-corrected chi connectivity index (χ2v) is 7.02. The van der Waals surface area contributed by atoms with Crippen molar-refractivity contribution in [2.75, 3.05) is 13.1 Å². The van der Waals surface area contributed by atoms with E-state index < -0.39 is 6.04 Å². The molecule has 0 bridgehead atoms. The molecule has 1 saturated carbocycles. The van der Waals surface area contributed by atoms with E-state index in [0.717, 1.165) is 32.2 Å². The van der Waals surface area contributed by atoms with Crippen LogP contribution in [-0.4, -0.2) is 41.9 Å². The largest absolute Gasteiger partial charge is 0.350 e. The average molecular weight is 346 g/mol. The molecule has 3 N–H and O–H groups in total. The van der Waals surface area contributed by atoms with Gasteiger partial charge in [-0.05, 0) is 25.2 Å². The zero-order valence-corrected chi connectivity index (χ0v) is 15.2. The molecule has 1 heterocycles. The quantitative estimate of drug-likeness (QED) is 0.801. The number of nitrogens with one attached hydrogen (secondary N) is 1. The first kappa shape index (κ1) is 20.2. The Morgan fingerprint density at radius 3 is 2.48 bits per heavy atom. The number of amides is 2. The van der Waals surface area contributed by atoms with Gasteiger partial charge < -0.3 is 16.0 Å². The second kappa shape index (κ2) is 9.48. The fourth-order valence-electron chi connectivity index (χ4n) is 3.50. The lowest BCUT2D eigenvalue weighted by molar-refractivity contribution is -0.135. The van der Waals surface area contributed by atoms with Crippen molar-refractivity contribution in [2.45, 2.75) is 70.9 Å². The molecule has 6 heteroatoms. The molecule has 0 radical (unpaired) electrons. The first-order valence-electron chi connectivity index (χ1n) is 8.87. The highest BCUT2D eigenvalue weighted by Gasteiger charge is 2.33. The molecule has 1 saturated heterocycles. The van der Waals surface area contributed by atoms with Crippen LogP contribution < -0.4 is 11.1 Å². The van der Waals surface area contributed by atoms with E-state index in [1.54, 1.807) is 0 Å². The summed E-state index contributed by atoms with van der Waals surface area (Å²) in [5.74, 6) is 0.612. The van der Waals surface area contributed by atoms with E-state index in [1.807, 2.05) is 18.7 Å². The van der Waals surface area contributed by atoms with E-state index in [0.29, 0.717) is 12.5 Å². The first-order chi connectivity index (χ1) is 10.5. The van der Waals surface area contributed by atoms with Crippen molar-refractivity contribution in [1.29, 1.82) is 0 Å². The van der Waals surface area contributed by atoms with E-state index in [4.69, 9.17) is 5.73 Å². The molecule has 2 aliphatic rings. The minimum absolute atomic E-state index is 0. The Morgan fingerprint density at radius 1 is 1.22 bits per heavy atom. The zero-order valence-electron chi connectivity index (χ0n) is 14.4. The molecule has 2 amide bonds. The van der Waals surface area contributed by atoms with E-state index >= 15 is 0 Å². The topological polar surface area (TPSA) is 75.4 Å². The van der Waals surface area contributed by atoms with Crippen LogP contribution in [0.1, 0.15) is 58.8 Å². The van der Waals surface area contributed by atoms with Crippen LogP contribution in [0.3, 0.4) is 0 Å². The number of nitrogens with two attached hydrogens (primary N) is 1. The molecule has 0 spiro atoms. The molecule has 23 heavy (non-hydrogen) atoms. The number of likely N-dealkylation sites (tertiary alicyclic amines) is 1. The average Bonchev–Trinajstić information content (AvgIpc) is 3.01. The molecule has 134 valence electrons. The third-order valence-corrected chi connectivity index (χ3v) is 5.36. The van der Waals surface area contributed by atoms with Crippen LogP contribution in [0.25, 0.3) is 0 Å². The summed E-state index contributed by atoms with van der Waals surface area (Å²) >= 11 is 0.